The van der Waals surface area contributed by atoms with E-state index >= 15 is 0 Å². The van der Waals surface area contributed by atoms with Gasteiger partial charge in [-0.15, -0.1) is 0 Å². The predicted molar refractivity (Wildman–Crippen MR) is 126 cm³/mol. The third-order valence-electron chi connectivity index (χ3n) is 6.85. The van der Waals surface area contributed by atoms with Crippen molar-refractivity contribution in [3.05, 3.63) is 77.0 Å². The lowest BCUT2D eigenvalue weighted by Gasteiger charge is -2.35. The van der Waals surface area contributed by atoms with Crippen molar-refractivity contribution in [2.75, 3.05) is 19.6 Å². The van der Waals surface area contributed by atoms with Crippen LogP contribution in [0.25, 0.3) is 11.3 Å². The molecule has 0 unspecified atom stereocenters. The van der Waals surface area contributed by atoms with Crippen LogP contribution in [0.1, 0.15) is 65.3 Å². The maximum Gasteiger partial charge on any atom is 0.273 e. The largest absolute Gasteiger partial charge is 0.355 e. The van der Waals surface area contributed by atoms with Crippen molar-refractivity contribution in [3.8, 4) is 11.3 Å². The first-order valence-corrected chi connectivity index (χ1v) is 11.9. The van der Waals surface area contributed by atoms with Crippen LogP contribution in [0.4, 0.5) is 0 Å². The summed E-state index contributed by atoms with van der Waals surface area (Å²) in [5.74, 6) is 0.468. The molecule has 2 aliphatic rings. The molecule has 5 heteroatoms. The quantitative estimate of drug-likeness (QED) is 0.587. The number of piperidine rings is 1. The van der Waals surface area contributed by atoms with Gasteiger partial charge in [-0.1, -0.05) is 54.0 Å². The summed E-state index contributed by atoms with van der Waals surface area (Å²) in [6.07, 6.45) is 8.48. The van der Waals surface area contributed by atoms with Crippen LogP contribution in [-0.2, 0) is 12.8 Å². The molecule has 32 heavy (non-hydrogen) atoms. The number of rotatable bonds is 6. The highest BCUT2D eigenvalue weighted by Crippen LogP contribution is 2.28. The van der Waals surface area contributed by atoms with Crippen molar-refractivity contribution in [3.63, 3.8) is 0 Å². The number of nitrogens with one attached hydrogen (secondary N) is 1. The number of nitrogens with zero attached hydrogens (tertiary/aromatic N) is 2. The molecule has 0 radical (unpaired) electrons. The number of hydrogen-bond acceptors (Lipinski definition) is 4. The third-order valence-corrected chi connectivity index (χ3v) is 6.85. The molecular formula is C27H31N3O2. The average Bonchev–Trinajstić information content (AvgIpc) is 3.36. The van der Waals surface area contributed by atoms with Gasteiger partial charge in [0.1, 0.15) is 0 Å². The molecule has 0 bridgehead atoms. The average molecular weight is 430 g/mol. The number of fused-ring (bicyclic) bond motifs is 1. The van der Waals surface area contributed by atoms with Gasteiger partial charge < -0.3 is 9.84 Å². The summed E-state index contributed by atoms with van der Waals surface area (Å²) < 4.78 is 5.55. The van der Waals surface area contributed by atoms with Crippen LogP contribution >= 0.6 is 0 Å². The summed E-state index contributed by atoms with van der Waals surface area (Å²) in [6.45, 7) is 2.70. The van der Waals surface area contributed by atoms with E-state index in [1.54, 1.807) is 6.07 Å². The highest BCUT2D eigenvalue weighted by atomic mass is 16.5. The molecule has 1 atom stereocenters. The van der Waals surface area contributed by atoms with Gasteiger partial charge in [-0.25, -0.2) is 0 Å². The maximum atomic E-state index is 12.9. The Kier molecular flexibility index (Phi) is 6.35. The molecule has 2 heterocycles. The summed E-state index contributed by atoms with van der Waals surface area (Å²) >= 11 is 0. The summed E-state index contributed by atoms with van der Waals surface area (Å²) in [5.41, 5.74) is 5.39. The zero-order valence-corrected chi connectivity index (χ0v) is 18.6. The van der Waals surface area contributed by atoms with Crippen LogP contribution in [0.5, 0.6) is 0 Å². The van der Waals surface area contributed by atoms with E-state index in [0.717, 1.165) is 31.5 Å². The highest BCUT2D eigenvalue weighted by molar-refractivity contribution is 5.93. The number of carbonyl (C=O) groups is 1. The van der Waals surface area contributed by atoms with E-state index in [2.05, 4.69) is 57.8 Å². The molecule has 1 fully saturated rings. The second kappa shape index (κ2) is 9.70. The molecule has 5 nitrogen and oxygen atoms in total. The molecule has 0 spiro atoms. The van der Waals surface area contributed by atoms with Gasteiger partial charge in [0.05, 0.1) is 6.04 Å². The Morgan fingerprint density at radius 3 is 2.53 bits per heavy atom. The van der Waals surface area contributed by atoms with Crippen molar-refractivity contribution in [1.29, 1.82) is 0 Å². The Balaban J connectivity index is 1.28. The molecule has 1 amide bonds. The van der Waals surface area contributed by atoms with E-state index in [-0.39, 0.29) is 11.9 Å². The first-order valence-electron chi connectivity index (χ1n) is 11.9. The maximum absolute atomic E-state index is 12.9. The lowest BCUT2D eigenvalue weighted by Crippen LogP contribution is -2.40. The molecule has 1 N–H and O–H groups in total. The number of benzene rings is 2. The van der Waals surface area contributed by atoms with Gasteiger partial charge in [-0.3, -0.25) is 9.69 Å². The fourth-order valence-corrected chi connectivity index (χ4v) is 5.05. The van der Waals surface area contributed by atoms with Gasteiger partial charge >= 0.3 is 0 Å². The van der Waals surface area contributed by atoms with E-state index in [9.17, 15) is 4.79 Å². The number of aromatic nitrogens is 1. The van der Waals surface area contributed by atoms with Crippen molar-refractivity contribution < 1.29 is 9.32 Å². The number of likely N-dealkylation sites (tertiary alicyclic amines) is 1. The number of hydrogen-bond donors (Lipinski definition) is 1. The van der Waals surface area contributed by atoms with Gasteiger partial charge in [-0.2, -0.15) is 0 Å². The molecule has 1 aliphatic carbocycles. The lowest BCUT2D eigenvalue weighted by molar-refractivity contribution is 0.0915. The molecular weight excluding hydrogens is 398 g/mol. The third kappa shape index (κ3) is 4.63. The molecule has 1 aromatic heterocycles. The van der Waals surface area contributed by atoms with Gasteiger partial charge in [0, 0.05) is 18.2 Å². The van der Waals surface area contributed by atoms with E-state index < -0.39 is 0 Å². The summed E-state index contributed by atoms with van der Waals surface area (Å²) in [6, 6.07) is 18.9. The molecule has 1 saturated heterocycles. The molecule has 0 saturated carbocycles. The van der Waals surface area contributed by atoms with E-state index in [1.807, 2.05) is 6.07 Å². The zero-order chi connectivity index (χ0) is 21.8. The van der Waals surface area contributed by atoms with Crippen molar-refractivity contribution in [1.82, 2.24) is 15.4 Å². The van der Waals surface area contributed by atoms with Crippen LogP contribution in [0.2, 0.25) is 0 Å². The number of aryl methyl sites for hydroxylation is 2. The lowest BCUT2D eigenvalue weighted by atomic mass is 9.90. The van der Waals surface area contributed by atoms with Crippen molar-refractivity contribution in [2.24, 2.45) is 0 Å². The Morgan fingerprint density at radius 2 is 1.72 bits per heavy atom. The summed E-state index contributed by atoms with van der Waals surface area (Å²) in [5, 5.41) is 7.17. The predicted octanol–water partition coefficient (Wildman–Crippen LogP) is 5.18. The summed E-state index contributed by atoms with van der Waals surface area (Å²) in [7, 11) is 0. The van der Waals surface area contributed by atoms with Gasteiger partial charge in [0.2, 0.25) is 0 Å². The van der Waals surface area contributed by atoms with Gasteiger partial charge in [-0.05, 0) is 74.4 Å². The first kappa shape index (κ1) is 21.0. The summed E-state index contributed by atoms with van der Waals surface area (Å²) in [4.78, 5) is 15.4. The second-order valence-corrected chi connectivity index (χ2v) is 9.00. The topological polar surface area (TPSA) is 58.4 Å². The van der Waals surface area contributed by atoms with Crippen molar-refractivity contribution >= 4 is 5.91 Å². The van der Waals surface area contributed by atoms with Crippen LogP contribution in [-0.4, -0.2) is 35.6 Å². The Hall–Kier alpha value is -2.92. The fourth-order valence-electron chi connectivity index (χ4n) is 5.05. The minimum atomic E-state index is -0.184. The van der Waals surface area contributed by atoms with E-state index in [4.69, 9.17) is 4.52 Å². The van der Waals surface area contributed by atoms with Gasteiger partial charge in [0.15, 0.2) is 11.5 Å². The van der Waals surface area contributed by atoms with E-state index in [1.165, 1.54) is 48.8 Å². The standard InChI is InChI=1S/C27H31N3O2/c31-27(28-19-25(21-10-3-1-4-11-21)30-15-7-2-8-16-30)24-18-26(32-29-24)23-14-13-20-9-5-6-12-22(20)17-23/h1,3-4,10-11,13-14,17-18,25H,2,5-9,12,15-16,19H2,(H,28,31)/t25-/m1/s1. The molecule has 2 aromatic carbocycles. The smallest absolute Gasteiger partial charge is 0.273 e. The Bertz CT molecular complexity index is 1050. The van der Waals surface area contributed by atoms with Crippen molar-refractivity contribution in [2.45, 2.75) is 51.0 Å². The fraction of sp³-hybridized carbons (Fsp3) is 0.407. The molecule has 1 aliphatic heterocycles. The number of amides is 1. The first-order chi connectivity index (χ1) is 15.8. The molecule has 3 aromatic rings. The highest BCUT2D eigenvalue weighted by Gasteiger charge is 2.24. The number of carbonyl (C=O) groups excluding carboxylic acids is 1. The SMILES string of the molecule is O=C(NC[C@H](c1ccccc1)N1CCCCC1)c1cc(-c2ccc3c(c2)CCCC3)on1. The Labute approximate surface area is 189 Å². The van der Waals surface area contributed by atoms with Crippen LogP contribution in [0.15, 0.2) is 59.1 Å². The van der Waals surface area contributed by atoms with Crippen LogP contribution in [0, 0.1) is 0 Å². The normalized spacial score (nSPS) is 17.5. The molecule has 5 rings (SSSR count). The van der Waals surface area contributed by atoms with Crippen LogP contribution in [0.3, 0.4) is 0 Å². The zero-order valence-electron chi connectivity index (χ0n) is 18.6. The van der Waals surface area contributed by atoms with E-state index in [0.29, 0.717) is 18.0 Å². The Morgan fingerprint density at radius 1 is 0.938 bits per heavy atom. The molecule has 166 valence electrons. The minimum absolute atomic E-state index is 0.174. The second-order valence-electron chi connectivity index (χ2n) is 9.00. The monoisotopic (exact) mass is 429 g/mol. The van der Waals surface area contributed by atoms with Gasteiger partial charge in [0.25, 0.3) is 5.91 Å². The minimum Gasteiger partial charge on any atom is -0.355 e. The van der Waals surface area contributed by atoms with Crippen LogP contribution < -0.4 is 5.32 Å².